The fraction of sp³-hybridized carbons (Fsp3) is 0.333. The molecule has 0 saturated carbocycles. The summed E-state index contributed by atoms with van der Waals surface area (Å²) < 4.78 is 8.21. The second-order valence-corrected chi connectivity index (χ2v) is 9.13. The van der Waals surface area contributed by atoms with Crippen molar-refractivity contribution in [1.29, 1.82) is 0 Å². The summed E-state index contributed by atoms with van der Waals surface area (Å²) in [6, 6.07) is 9.49. The molecule has 4 rings (SSSR count). The number of hydrogen-bond acceptors (Lipinski definition) is 8. The largest absolute Gasteiger partial charge is 0.420 e. The maximum atomic E-state index is 12.9. The number of nitrogens with zero attached hydrogens (tertiary/aromatic N) is 6. The Hall–Kier alpha value is -3.27. The summed E-state index contributed by atoms with van der Waals surface area (Å²) in [5, 5.41) is 8.99. The van der Waals surface area contributed by atoms with E-state index in [4.69, 9.17) is 4.42 Å². The first-order valence-electron chi connectivity index (χ1n) is 9.65. The highest BCUT2D eigenvalue weighted by molar-refractivity contribution is 7.98. The third kappa shape index (κ3) is 3.90. The fourth-order valence-electron chi connectivity index (χ4n) is 3.01. The standard InChI is InChI=1S/C21H22N6O3S/c1-21(2,3)19-22-15-14(18(28)27(5)20(29)26(15)4)17(23-19)31-11-13-24-25-16(30-13)12-9-7-6-8-10-12/h6-10H,11H2,1-5H3. The molecule has 3 aromatic heterocycles. The van der Waals surface area contributed by atoms with Crippen LogP contribution in [0.3, 0.4) is 0 Å². The Morgan fingerprint density at radius 1 is 1.00 bits per heavy atom. The maximum Gasteiger partial charge on any atom is 0.332 e. The molecule has 0 saturated heterocycles. The Bertz CT molecular complexity index is 1380. The van der Waals surface area contributed by atoms with Crippen LogP contribution in [0.1, 0.15) is 32.5 Å². The Morgan fingerprint density at radius 2 is 1.71 bits per heavy atom. The first-order valence-corrected chi connectivity index (χ1v) is 10.6. The summed E-state index contributed by atoms with van der Waals surface area (Å²) in [7, 11) is 3.04. The quantitative estimate of drug-likeness (QED) is 0.353. The molecule has 0 N–H and O–H groups in total. The van der Waals surface area contributed by atoms with Gasteiger partial charge in [0.15, 0.2) is 5.65 Å². The van der Waals surface area contributed by atoms with Crippen molar-refractivity contribution in [3.63, 3.8) is 0 Å². The molecule has 0 aliphatic carbocycles. The molecular weight excluding hydrogens is 416 g/mol. The van der Waals surface area contributed by atoms with Crippen molar-refractivity contribution >= 4 is 22.8 Å². The molecule has 0 amide bonds. The van der Waals surface area contributed by atoms with Crippen molar-refractivity contribution in [1.82, 2.24) is 29.3 Å². The van der Waals surface area contributed by atoms with E-state index in [2.05, 4.69) is 20.2 Å². The summed E-state index contributed by atoms with van der Waals surface area (Å²) in [6.45, 7) is 5.93. The molecule has 0 aliphatic rings. The molecule has 0 radical (unpaired) electrons. The summed E-state index contributed by atoms with van der Waals surface area (Å²) >= 11 is 1.30. The number of aryl methyl sites for hydroxylation is 1. The van der Waals surface area contributed by atoms with E-state index in [9.17, 15) is 9.59 Å². The highest BCUT2D eigenvalue weighted by Gasteiger charge is 2.24. The van der Waals surface area contributed by atoms with Crippen LogP contribution in [0.25, 0.3) is 22.5 Å². The number of aromatic nitrogens is 6. The van der Waals surface area contributed by atoms with Crippen molar-refractivity contribution in [2.24, 2.45) is 14.1 Å². The van der Waals surface area contributed by atoms with Gasteiger partial charge in [-0.1, -0.05) is 50.7 Å². The van der Waals surface area contributed by atoms with Crippen LogP contribution in [-0.2, 0) is 25.3 Å². The van der Waals surface area contributed by atoms with Crippen LogP contribution < -0.4 is 11.2 Å². The van der Waals surface area contributed by atoms with Crippen LogP contribution in [0.5, 0.6) is 0 Å². The Morgan fingerprint density at radius 3 is 2.39 bits per heavy atom. The smallest absolute Gasteiger partial charge is 0.332 e. The predicted molar refractivity (Wildman–Crippen MR) is 118 cm³/mol. The van der Waals surface area contributed by atoms with Gasteiger partial charge in [-0.15, -0.1) is 10.2 Å². The van der Waals surface area contributed by atoms with E-state index in [0.717, 1.165) is 10.1 Å². The molecule has 4 aromatic rings. The molecule has 0 unspecified atom stereocenters. The van der Waals surface area contributed by atoms with E-state index in [1.54, 1.807) is 7.05 Å². The van der Waals surface area contributed by atoms with E-state index in [1.165, 1.54) is 23.4 Å². The van der Waals surface area contributed by atoms with Crippen LogP contribution in [0.15, 0.2) is 49.4 Å². The molecule has 0 atom stereocenters. The van der Waals surface area contributed by atoms with Crippen LogP contribution in [0, 0.1) is 0 Å². The third-order valence-electron chi connectivity index (χ3n) is 4.76. The number of thioether (sulfide) groups is 1. The van der Waals surface area contributed by atoms with Gasteiger partial charge in [0.1, 0.15) is 16.2 Å². The highest BCUT2D eigenvalue weighted by atomic mass is 32.2. The topological polar surface area (TPSA) is 109 Å². The molecule has 10 heteroatoms. The first-order chi connectivity index (χ1) is 14.7. The van der Waals surface area contributed by atoms with E-state index >= 15 is 0 Å². The summed E-state index contributed by atoms with van der Waals surface area (Å²) in [6.07, 6.45) is 0. The zero-order chi connectivity index (χ0) is 22.3. The lowest BCUT2D eigenvalue weighted by Gasteiger charge is -2.19. The molecule has 160 valence electrons. The van der Waals surface area contributed by atoms with E-state index in [-0.39, 0.29) is 5.41 Å². The van der Waals surface area contributed by atoms with Crippen molar-refractivity contribution in [3.05, 3.63) is 62.9 Å². The SMILES string of the molecule is Cn1c(=O)c2c(SCc3nnc(-c4ccccc4)o3)nc(C(C)(C)C)nc2n(C)c1=O. The van der Waals surface area contributed by atoms with Crippen molar-refractivity contribution < 1.29 is 4.42 Å². The molecule has 1 aromatic carbocycles. The van der Waals surface area contributed by atoms with Crippen molar-refractivity contribution in [3.8, 4) is 11.5 Å². The Balaban J connectivity index is 1.77. The third-order valence-corrected chi connectivity index (χ3v) is 5.72. The van der Waals surface area contributed by atoms with Crippen LogP contribution in [-0.4, -0.2) is 29.3 Å². The van der Waals surface area contributed by atoms with Crippen LogP contribution in [0.4, 0.5) is 0 Å². The van der Waals surface area contributed by atoms with Gasteiger partial charge in [0, 0.05) is 25.1 Å². The minimum atomic E-state index is -0.434. The molecule has 0 spiro atoms. The van der Waals surface area contributed by atoms with E-state index < -0.39 is 11.2 Å². The summed E-state index contributed by atoms with van der Waals surface area (Å²) in [5.41, 5.74) is -0.0948. The summed E-state index contributed by atoms with van der Waals surface area (Å²) in [4.78, 5) is 34.5. The lowest BCUT2D eigenvalue weighted by molar-refractivity contribution is 0.528. The van der Waals surface area contributed by atoms with Crippen molar-refractivity contribution in [2.75, 3.05) is 0 Å². The van der Waals surface area contributed by atoms with Gasteiger partial charge < -0.3 is 4.42 Å². The average molecular weight is 439 g/mol. The van der Waals surface area contributed by atoms with Gasteiger partial charge in [-0.25, -0.2) is 14.8 Å². The zero-order valence-electron chi connectivity index (χ0n) is 17.9. The monoisotopic (exact) mass is 438 g/mol. The first kappa shape index (κ1) is 21.0. The van der Waals surface area contributed by atoms with Gasteiger partial charge in [-0.05, 0) is 12.1 Å². The van der Waals surface area contributed by atoms with E-state index in [1.807, 2.05) is 51.1 Å². The minimum Gasteiger partial charge on any atom is -0.420 e. The molecule has 9 nitrogen and oxygen atoms in total. The minimum absolute atomic E-state index is 0.297. The molecule has 31 heavy (non-hydrogen) atoms. The Kier molecular flexibility index (Phi) is 5.26. The normalized spacial score (nSPS) is 11.9. The predicted octanol–water partition coefficient (Wildman–Crippen LogP) is 2.67. The van der Waals surface area contributed by atoms with Gasteiger partial charge in [0.05, 0.1) is 5.75 Å². The average Bonchev–Trinajstić information content (AvgIpc) is 3.23. The van der Waals surface area contributed by atoms with Gasteiger partial charge in [-0.3, -0.25) is 13.9 Å². The maximum absolute atomic E-state index is 12.9. The molecule has 3 heterocycles. The number of benzene rings is 1. The summed E-state index contributed by atoms with van der Waals surface area (Å²) in [5.74, 6) is 1.70. The number of rotatable bonds is 4. The fourth-order valence-corrected chi connectivity index (χ4v) is 3.86. The molecular formula is C21H22N6O3S. The van der Waals surface area contributed by atoms with Gasteiger partial charge in [-0.2, -0.15) is 0 Å². The number of hydrogen-bond donors (Lipinski definition) is 0. The van der Waals surface area contributed by atoms with Gasteiger partial charge in [0.2, 0.25) is 11.8 Å². The van der Waals surface area contributed by atoms with Crippen LogP contribution in [0.2, 0.25) is 0 Å². The molecule has 0 bridgehead atoms. The molecule has 0 aliphatic heterocycles. The molecule has 0 fully saturated rings. The highest BCUT2D eigenvalue weighted by Crippen LogP contribution is 2.29. The van der Waals surface area contributed by atoms with Gasteiger partial charge >= 0.3 is 5.69 Å². The lowest BCUT2D eigenvalue weighted by atomic mass is 9.96. The second kappa shape index (κ2) is 7.77. The van der Waals surface area contributed by atoms with E-state index in [0.29, 0.717) is 39.4 Å². The second-order valence-electron chi connectivity index (χ2n) is 8.16. The van der Waals surface area contributed by atoms with Crippen LogP contribution >= 0.6 is 11.8 Å². The van der Waals surface area contributed by atoms with Gasteiger partial charge in [0.25, 0.3) is 5.56 Å². The Labute approximate surface area is 182 Å². The number of fused-ring (bicyclic) bond motifs is 1. The van der Waals surface area contributed by atoms with Crippen molar-refractivity contribution in [2.45, 2.75) is 37.0 Å². The lowest BCUT2D eigenvalue weighted by Crippen LogP contribution is -2.38. The zero-order valence-corrected chi connectivity index (χ0v) is 18.7.